The van der Waals surface area contributed by atoms with Crippen LogP contribution in [-0.4, -0.2) is 17.6 Å². The molecule has 0 spiro atoms. The average Bonchev–Trinajstić information content (AvgIpc) is 2.80. The van der Waals surface area contributed by atoms with Gasteiger partial charge in [0, 0.05) is 15.9 Å². The van der Waals surface area contributed by atoms with Gasteiger partial charge in [0.05, 0.1) is 6.61 Å². The van der Waals surface area contributed by atoms with E-state index >= 15 is 0 Å². The van der Waals surface area contributed by atoms with Crippen molar-refractivity contribution in [3.05, 3.63) is 44.9 Å². The molecule has 2 aromatic rings. The van der Waals surface area contributed by atoms with Gasteiger partial charge in [-0.25, -0.2) is 9.78 Å². The molecular formula is C14H15BrN2O2S. The minimum atomic E-state index is -0.363. The first-order valence-corrected chi connectivity index (χ1v) is 7.84. The number of nitrogens with one attached hydrogen (secondary N) is 1. The molecule has 106 valence electrons. The monoisotopic (exact) mass is 354 g/mol. The van der Waals surface area contributed by atoms with Crippen LogP contribution in [0.4, 0.5) is 5.13 Å². The largest absolute Gasteiger partial charge is 0.461 e. The molecule has 0 amide bonds. The number of rotatable bonds is 5. The first-order valence-electron chi connectivity index (χ1n) is 6.23. The Balaban J connectivity index is 2.01. The summed E-state index contributed by atoms with van der Waals surface area (Å²) in [6.45, 7) is 4.68. The molecule has 1 heterocycles. The number of carbonyl (C=O) groups excluding carboxylic acids is 1. The molecule has 0 saturated carbocycles. The molecule has 0 aliphatic rings. The van der Waals surface area contributed by atoms with Crippen molar-refractivity contribution < 1.29 is 9.53 Å². The fourth-order valence-corrected chi connectivity index (χ4v) is 2.70. The number of anilines is 1. The maximum atomic E-state index is 11.7. The Kier molecular flexibility index (Phi) is 5.14. The number of hydrogen-bond acceptors (Lipinski definition) is 5. The van der Waals surface area contributed by atoms with E-state index in [1.165, 1.54) is 11.3 Å². The molecule has 0 saturated heterocycles. The second-order valence-corrected chi connectivity index (χ2v) is 6.24. The van der Waals surface area contributed by atoms with Crippen molar-refractivity contribution in [1.82, 2.24) is 4.98 Å². The Hall–Kier alpha value is -1.40. The van der Waals surface area contributed by atoms with Gasteiger partial charge in [0.1, 0.15) is 0 Å². The fraction of sp³-hybridized carbons (Fsp3) is 0.286. The minimum absolute atomic E-state index is 0.359. The van der Waals surface area contributed by atoms with Crippen LogP contribution < -0.4 is 5.32 Å². The number of hydrogen-bond donors (Lipinski definition) is 1. The highest BCUT2D eigenvalue weighted by atomic mass is 79.9. The number of carbonyl (C=O) groups is 1. The van der Waals surface area contributed by atoms with Crippen molar-refractivity contribution in [2.24, 2.45) is 0 Å². The molecular weight excluding hydrogens is 340 g/mol. The second-order valence-electron chi connectivity index (χ2n) is 4.12. The van der Waals surface area contributed by atoms with Gasteiger partial charge in [0.25, 0.3) is 0 Å². The number of thiazole rings is 1. The average molecular weight is 355 g/mol. The molecule has 0 atom stereocenters. The molecule has 2 rings (SSSR count). The summed E-state index contributed by atoms with van der Waals surface area (Å²) in [6.07, 6.45) is 0. The highest BCUT2D eigenvalue weighted by Crippen LogP contribution is 2.23. The van der Waals surface area contributed by atoms with E-state index in [2.05, 4.69) is 26.2 Å². The number of halogens is 1. The van der Waals surface area contributed by atoms with Crippen molar-refractivity contribution in [2.45, 2.75) is 20.4 Å². The highest BCUT2D eigenvalue weighted by Gasteiger charge is 2.16. The van der Waals surface area contributed by atoms with Crippen molar-refractivity contribution in [1.29, 1.82) is 0 Å². The summed E-state index contributed by atoms with van der Waals surface area (Å²) in [5, 5.41) is 3.95. The Morgan fingerprint density at radius 3 is 2.75 bits per heavy atom. The van der Waals surface area contributed by atoms with Crippen LogP contribution in [-0.2, 0) is 11.3 Å². The molecule has 6 heteroatoms. The van der Waals surface area contributed by atoms with Crippen LogP contribution in [0.3, 0.4) is 0 Å². The molecule has 4 nitrogen and oxygen atoms in total. The van der Waals surface area contributed by atoms with Crippen molar-refractivity contribution in [2.75, 3.05) is 11.9 Å². The predicted molar refractivity (Wildman–Crippen MR) is 84.3 cm³/mol. The SMILES string of the molecule is CCOC(=O)c1nc(NCc2ccc(Br)cc2)sc1C. The van der Waals surface area contributed by atoms with Gasteiger partial charge in [-0.3, -0.25) is 0 Å². The molecule has 0 aliphatic carbocycles. The zero-order chi connectivity index (χ0) is 14.5. The van der Waals surface area contributed by atoms with Gasteiger partial charge in [-0.1, -0.05) is 28.1 Å². The van der Waals surface area contributed by atoms with E-state index in [4.69, 9.17) is 4.74 Å². The number of benzene rings is 1. The molecule has 0 bridgehead atoms. The first-order chi connectivity index (χ1) is 9.60. The van der Waals surface area contributed by atoms with E-state index < -0.39 is 0 Å². The van der Waals surface area contributed by atoms with Crippen LogP contribution in [0.15, 0.2) is 28.7 Å². The number of ether oxygens (including phenoxy) is 1. The highest BCUT2D eigenvalue weighted by molar-refractivity contribution is 9.10. The van der Waals surface area contributed by atoms with Gasteiger partial charge in [-0.2, -0.15) is 0 Å². The Bertz CT molecular complexity index is 596. The van der Waals surface area contributed by atoms with E-state index in [1.807, 2.05) is 31.2 Å². The quantitative estimate of drug-likeness (QED) is 0.824. The standard InChI is InChI=1S/C14H15BrN2O2S/c1-3-19-13(18)12-9(2)20-14(17-12)16-8-10-4-6-11(15)7-5-10/h4-7H,3,8H2,1-2H3,(H,16,17). The zero-order valence-electron chi connectivity index (χ0n) is 11.3. The van der Waals surface area contributed by atoms with Crippen LogP contribution in [0.25, 0.3) is 0 Å². The lowest BCUT2D eigenvalue weighted by Gasteiger charge is -2.02. The van der Waals surface area contributed by atoms with Gasteiger partial charge in [-0.15, -0.1) is 11.3 Å². The Morgan fingerprint density at radius 2 is 2.10 bits per heavy atom. The maximum absolute atomic E-state index is 11.7. The fourth-order valence-electron chi connectivity index (χ4n) is 1.64. The van der Waals surface area contributed by atoms with E-state index in [0.717, 1.165) is 20.0 Å². The van der Waals surface area contributed by atoms with Gasteiger partial charge in [-0.05, 0) is 31.5 Å². The summed E-state index contributed by atoms with van der Waals surface area (Å²) in [5.74, 6) is -0.363. The molecule has 1 aromatic heterocycles. The summed E-state index contributed by atoms with van der Waals surface area (Å²) in [6, 6.07) is 8.05. The third kappa shape index (κ3) is 3.80. The summed E-state index contributed by atoms with van der Waals surface area (Å²) in [5.41, 5.74) is 1.55. The lowest BCUT2D eigenvalue weighted by Crippen LogP contribution is -2.07. The zero-order valence-corrected chi connectivity index (χ0v) is 13.7. The minimum Gasteiger partial charge on any atom is -0.461 e. The van der Waals surface area contributed by atoms with E-state index in [1.54, 1.807) is 6.92 Å². The summed E-state index contributed by atoms with van der Waals surface area (Å²) < 4.78 is 6.02. The lowest BCUT2D eigenvalue weighted by atomic mass is 10.2. The Morgan fingerprint density at radius 1 is 1.40 bits per heavy atom. The lowest BCUT2D eigenvalue weighted by molar-refractivity contribution is 0.0519. The van der Waals surface area contributed by atoms with Gasteiger partial charge >= 0.3 is 5.97 Å². The number of aromatic nitrogens is 1. The van der Waals surface area contributed by atoms with Crippen LogP contribution in [0.2, 0.25) is 0 Å². The predicted octanol–water partition coefficient (Wildman–Crippen LogP) is 4.00. The normalized spacial score (nSPS) is 10.3. The van der Waals surface area contributed by atoms with Crippen molar-refractivity contribution >= 4 is 38.4 Å². The van der Waals surface area contributed by atoms with Crippen LogP contribution >= 0.6 is 27.3 Å². The van der Waals surface area contributed by atoms with E-state index in [-0.39, 0.29) is 5.97 Å². The molecule has 0 unspecified atom stereocenters. The molecule has 1 aromatic carbocycles. The van der Waals surface area contributed by atoms with E-state index in [9.17, 15) is 4.79 Å². The topological polar surface area (TPSA) is 51.2 Å². The third-order valence-corrected chi connectivity index (χ3v) is 4.08. The number of aryl methyl sites for hydroxylation is 1. The van der Waals surface area contributed by atoms with Gasteiger partial charge in [0.15, 0.2) is 10.8 Å². The van der Waals surface area contributed by atoms with Gasteiger partial charge < -0.3 is 10.1 Å². The van der Waals surface area contributed by atoms with Crippen molar-refractivity contribution in [3.8, 4) is 0 Å². The third-order valence-electron chi connectivity index (χ3n) is 2.62. The summed E-state index contributed by atoms with van der Waals surface area (Å²) >= 11 is 4.86. The molecule has 0 aliphatic heterocycles. The van der Waals surface area contributed by atoms with Gasteiger partial charge in [0.2, 0.25) is 0 Å². The number of nitrogens with zero attached hydrogens (tertiary/aromatic N) is 1. The molecule has 20 heavy (non-hydrogen) atoms. The summed E-state index contributed by atoms with van der Waals surface area (Å²) in [7, 11) is 0. The van der Waals surface area contributed by atoms with Crippen LogP contribution in [0.1, 0.15) is 27.9 Å². The van der Waals surface area contributed by atoms with E-state index in [0.29, 0.717) is 18.8 Å². The molecule has 0 radical (unpaired) electrons. The summed E-state index contributed by atoms with van der Waals surface area (Å²) in [4.78, 5) is 16.8. The first kappa shape index (κ1) is 15.0. The van der Waals surface area contributed by atoms with Crippen molar-refractivity contribution in [3.63, 3.8) is 0 Å². The Labute approximate surface area is 130 Å². The van der Waals surface area contributed by atoms with Crippen LogP contribution in [0.5, 0.6) is 0 Å². The van der Waals surface area contributed by atoms with Crippen LogP contribution in [0, 0.1) is 6.92 Å². The number of esters is 1. The molecule has 1 N–H and O–H groups in total. The molecule has 0 fully saturated rings. The maximum Gasteiger partial charge on any atom is 0.358 e. The second kappa shape index (κ2) is 6.85. The smallest absolute Gasteiger partial charge is 0.358 e.